The zero-order valence-corrected chi connectivity index (χ0v) is 11.4. The molecule has 0 radical (unpaired) electrons. The molecule has 0 aromatic rings. The number of carbonyl (C=O) groups excluding carboxylic acids is 1. The van der Waals surface area contributed by atoms with Gasteiger partial charge in [0, 0.05) is 26.2 Å². The fourth-order valence-electron chi connectivity index (χ4n) is 2.29. The standard InChI is InChI=1S/C13H23NO5/c1-18-8-9-19-7-3-6-12(15)14-11-5-2-4-10(11)13(16)17/h10-11H,2-9H2,1H3,(H,14,15)(H,16,17). The minimum Gasteiger partial charge on any atom is -0.481 e. The number of carboxylic acid groups (broad SMARTS) is 1. The highest BCUT2D eigenvalue weighted by atomic mass is 16.5. The number of rotatable bonds is 9. The average Bonchev–Trinajstić information content (AvgIpc) is 2.81. The van der Waals surface area contributed by atoms with Gasteiger partial charge in [-0.25, -0.2) is 0 Å². The summed E-state index contributed by atoms with van der Waals surface area (Å²) in [5.74, 6) is -1.33. The number of carbonyl (C=O) groups is 2. The van der Waals surface area contributed by atoms with Crippen LogP contribution in [-0.2, 0) is 19.1 Å². The number of methoxy groups -OCH3 is 1. The second kappa shape index (κ2) is 8.87. The van der Waals surface area contributed by atoms with Gasteiger partial charge in [0.15, 0.2) is 0 Å². The third-order valence-corrected chi connectivity index (χ3v) is 3.30. The molecule has 6 heteroatoms. The predicted molar refractivity (Wildman–Crippen MR) is 68.8 cm³/mol. The number of nitrogens with one attached hydrogen (secondary N) is 1. The lowest BCUT2D eigenvalue weighted by atomic mass is 10.0. The average molecular weight is 273 g/mol. The van der Waals surface area contributed by atoms with Crippen LogP contribution in [0.3, 0.4) is 0 Å². The summed E-state index contributed by atoms with van der Waals surface area (Å²) >= 11 is 0. The van der Waals surface area contributed by atoms with E-state index in [4.69, 9.17) is 14.6 Å². The molecule has 0 heterocycles. The molecule has 0 aromatic carbocycles. The molecule has 2 N–H and O–H groups in total. The van der Waals surface area contributed by atoms with Crippen LogP contribution in [0.4, 0.5) is 0 Å². The molecule has 110 valence electrons. The Hall–Kier alpha value is -1.14. The van der Waals surface area contributed by atoms with Gasteiger partial charge >= 0.3 is 5.97 Å². The first-order valence-corrected chi connectivity index (χ1v) is 6.74. The van der Waals surface area contributed by atoms with E-state index >= 15 is 0 Å². The number of aliphatic carboxylic acids is 1. The van der Waals surface area contributed by atoms with E-state index in [-0.39, 0.29) is 11.9 Å². The van der Waals surface area contributed by atoms with Crippen LogP contribution in [0.5, 0.6) is 0 Å². The van der Waals surface area contributed by atoms with Gasteiger partial charge in [-0.2, -0.15) is 0 Å². The summed E-state index contributed by atoms with van der Waals surface area (Å²) in [6, 6.07) is -0.209. The second-order valence-corrected chi connectivity index (χ2v) is 4.76. The summed E-state index contributed by atoms with van der Waals surface area (Å²) in [5, 5.41) is 11.8. The number of carboxylic acids is 1. The van der Waals surface area contributed by atoms with Crippen molar-refractivity contribution in [3.63, 3.8) is 0 Å². The number of hydrogen-bond donors (Lipinski definition) is 2. The van der Waals surface area contributed by atoms with Gasteiger partial charge in [-0.1, -0.05) is 6.42 Å². The zero-order valence-electron chi connectivity index (χ0n) is 11.4. The molecule has 1 fully saturated rings. The van der Waals surface area contributed by atoms with E-state index in [0.717, 1.165) is 12.8 Å². The van der Waals surface area contributed by atoms with E-state index in [1.165, 1.54) is 0 Å². The van der Waals surface area contributed by atoms with Crippen molar-refractivity contribution in [3.05, 3.63) is 0 Å². The molecule has 0 saturated heterocycles. The Bertz CT molecular complexity index is 295. The highest BCUT2D eigenvalue weighted by Crippen LogP contribution is 2.25. The van der Waals surface area contributed by atoms with E-state index in [2.05, 4.69) is 5.32 Å². The van der Waals surface area contributed by atoms with Crippen molar-refractivity contribution < 1.29 is 24.2 Å². The Balaban J connectivity index is 2.12. The van der Waals surface area contributed by atoms with E-state index in [1.807, 2.05) is 0 Å². The maximum absolute atomic E-state index is 11.7. The molecule has 1 saturated carbocycles. The summed E-state index contributed by atoms with van der Waals surface area (Å²) in [5.41, 5.74) is 0. The third-order valence-electron chi connectivity index (χ3n) is 3.30. The fourth-order valence-corrected chi connectivity index (χ4v) is 2.29. The predicted octanol–water partition coefficient (Wildman–Crippen LogP) is 0.799. The van der Waals surface area contributed by atoms with E-state index in [0.29, 0.717) is 39.1 Å². The largest absolute Gasteiger partial charge is 0.481 e. The van der Waals surface area contributed by atoms with Crippen molar-refractivity contribution >= 4 is 11.9 Å². The van der Waals surface area contributed by atoms with Crippen molar-refractivity contribution in [1.82, 2.24) is 5.32 Å². The molecule has 19 heavy (non-hydrogen) atoms. The maximum Gasteiger partial charge on any atom is 0.308 e. The molecule has 1 rings (SSSR count). The van der Waals surface area contributed by atoms with Gasteiger partial charge in [0.25, 0.3) is 0 Å². The SMILES string of the molecule is COCCOCCCC(=O)NC1CCCC1C(=O)O. The molecule has 1 amide bonds. The Labute approximate surface area is 113 Å². The van der Waals surface area contributed by atoms with Crippen LogP contribution >= 0.6 is 0 Å². The molecule has 1 aliphatic rings. The van der Waals surface area contributed by atoms with Gasteiger partial charge in [-0.15, -0.1) is 0 Å². The minimum atomic E-state index is -0.814. The molecule has 2 unspecified atom stereocenters. The fraction of sp³-hybridized carbons (Fsp3) is 0.846. The summed E-state index contributed by atoms with van der Waals surface area (Å²) in [4.78, 5) is 22.6. The first-order chi connectivity index (χ1) is 9.15. The molecule has 6 nitrogen and oxygen atoms in total. The molecule has 1 aliphatic carbocycles. The lowest BCUT2D eigenvalue weighted by Gasteiger charge is -2.17. The molecule has 0 bridgehead atoms. The Morgan fingerprint density at radius 2 is 2.05 bits per heavy atom. The molecular weight excluding hydrogens is 250 g/mol. The van der Waals surface area contributed by atoms with Gasteiger partial charge in [0.05, 0.1) is 19.1 Å². The Morgan fingerprint density at radius 3 is 2.74 bits per heavy atom. The van der Waals surface area contributed by atoms with E-state index < -0.39 is 11.9 Å². The second-order valence-electron chi connectivity index (χ2n) is 4.76. The molecule has 0 aromatic heterocycles. The minimum absolute atomic E-state index is 0.0894. The van der Waals surface area contributed by atoms with Gasteiger partial charge < -0.3 is 19.9 Å². The third kappa shape index (κ3) is 6.02. The Morgan fingerprint density at radius 1 is 1.26 bits per heavy atom. The van der Waals surface area contributed by atoms with Crippen molar-refractivity contribution in [2.75, 3.05) is 26.9 Å². The van der Waals surface area contributed by atoms with Gasteiger partial charge in [0.2, 0.25) is 5.91 Å². The van der Waals surface area contributed by atoms with E-state index in [1.54, 1.807) is 7.11 Å². The normalized spacial score (nSPS) is 22.4. The lowest BCUT2D eigenvalue weighted by molar-refractivity contribution is -0.142. The first kappa shape index (κ1) is 15.9. The van der Waals surface area contributed by atoms with Crippen LogP contribution in [0.25, 0.3) is 0 Å². The first-order valence-electron chi connectivity index (χ1n) is 6.74. The summed E-state index contributed by atoms with van der Waals surface area (Å²) in [6.45, 7) is 1.60. The van der Waals surface area contributed by atoms with Crippen LogP contribution in [0.1, 0.15) is 32.1 Å². The molecule has 0 aliphatic heterocycles. The summed E-state index contributed by atoms with van der Waals surface area (Å²) < 4.78 is 10.1. The highest BCUT2D eigenvalue weighted by Gasteiger charge is 2.33. The number of hydrogen-bond acceptors (Lipinski definition) is 4. The lowest BCUT2D eigenvalue weighted by Crippen LogP contribution is -2.40. The van der Waals surface area contributed by atoms with Crippen molar-refractivity contribution in [1.29, 1.82) is 0 Å². The van der Waals surface area contributed by atoms with Crippen molar-refractivity contribution in [2.45, 2.75) is 38.1 Å². The summed E-state index contributed by atoms with van der Waals surface area (Å²) in [7, 11) is 1.61. The molecule has 0 spiro atoms. The number of amides is 1. The van der Waals surface area contributed by atoms with Crippen LogP contribution in [0, 0.1) is 5.92 Å². The maximum atomic E-state index is 11.7. The molecular formula is C13H23NO5. The van der Waals surface area contributed by atoms with E-state index in [9.17, 15) is 9.59 Å². The monoisotopic (exact) mass is 273 g/mol. The molecule has 2 atom stereocenters. The summed E-state index contributed by atoms with van der Waals surface area (Å²) in [6.07, 6.45) is 3.28. The highest BCUT2D eigenvalue weighted by molar-refractivity contribution is 5.78. The van der Waals surface area contributed by atoms with Crippen LogP contribution in [0.2, 0.25) is 0 Å². The van der Waals surface area contributed by atoms with Gasteiger partial charge in [-0.3, -0.25) is 9.59 Å². The van der Waals surface area contributed by atoms with Crippen molar-refractivity contribution in [2.24, 2.45) is 5.92 Å². The number of ether oxygens (including phenoxy) is 2. The van der Waals surface area contributed by atoms with Gasteiger partial charge in [-0.05, 0) is 19.3 Å². The smallest absolute Gasteiger partial charge is 0.308 e. The topological polar surface area (TPSA) is 84.9 Å². The van der Waals surface area contributed by atoms with Crippen LogP contribution in [-0.4, -0.2) is 50.0 Å². The van der Waals surface area contributed by atoms with Crippen LogP contribution < -0.4 is 5.32 Å². The Kier molecular flexibility index (Phi) is 7.43. The zero-order chi connectivity index (χ0) is 14.1. The van der Waals surface area contributed by atoms with Crippen LogP contribution in [0.15, 0.2) is 0 Å². The quantitative estimate of drug-likeness (QED) is 0.607. The van der Waals surface area contributed by atoms with Crippen molar-refractivity contribution in [3.8, 4) is 0 Å². The van der Waals surface area contributed by atoms with Gasteiger partial charge in [0.1, 0.15) is 0 Å².